The lowest BCUT2D eigenvalue weighted by molar-refractivity contribution is -0.143. The van der Waals surface area contributed by atoms with Crippen molar-refractivity contribution in [3.8, 4) is 5.75 Å². The molecule has 1 amide bonds. The molecule has 2 aliphatic rings. The molecule has 0 saturated heterocycles. The summed E-state index contributed by atoms with van der Waals surface area (Å²) in [5.41, 5.74) is 3.61. The third-order valence-corrected chi connectivity index (χ3v) is 8.18. The van der Waals surface area contributed by atoms with Gasteiger partial charge in [0, 0.05) is 28.2 Å². The number of carbonyl (C=O) groups excluding carboxylic acids is 1. The Morgan fingerprint density at radius 1 is 1.16 bits per heavy atom. The summed E-state index contributed by atoms with van der Waals surface area (Å²) < 4.78 is 12.6. The Bertz CT molecular complexity index is 1390. The molecule has 2 heterocycles. The van der Waals surface area contributed by atoms with Gasteiger partial charge in [-0.1, -0.05) is 18.0 Å². The van der Waals surface area contributed by atoms with E-state index in [-0.39, 0.29) is 12.1 Å². The summed E-state index contributed by atoms with van der Waals surface area (Å²) in [5.74, 6) is -0.406. The van der Waals surface area contributed by atoms with Gasteiger partial charge in [-0.2, -0.15) is 0 Å². The fourth-order valence-electron chi connectivity index (χ4n) is 6.05. The molecule has 5 rings (SSSR count). The van der Waals surface area contributed by atoms with E-state index < -0.39 is 24.1 Å². The van der Waals surface area contributed by atoms with Crippen LogP contribution in [-0.2, 0) is 16.0 Å². The Morgan fingerprint density at radius 2 is 1.95 bits per heavy atom. The maximum Gasteiger partial charge on any atom is 0.414 e. The predicted molar refractivity (Wildman–Crippen MR) is 143 cm³/mol. The molecule has 4 atom stereocenters. The van der Waals surface area contributed by atoms with E-state index in [1.54, 1.807) is 23.1 Å². The fraction of sp³-hybridized carbons (Fsp3) is 0.464. The lowest BCUT2D eigenvalue weighted by Gasteiger charge is -2.34. The van der Waals surface area contributed by atoms with Crippen LogP contribution < -0.4 is 9.64 Å². The number of hydrogen-bond donors (Lipinski definition) is 2. The molecule has 1 fully saturated rings. The lowest BCUT2D eigenvalue weighted by Crippen LogP contribution is -2.42. The molecule has 1 saturated carbocycles. The Morgan fingerprint density at radius 3 is 2.66 bits per heavy atom. The smallest absolute Gasteiger partial charge is 0.414 e. The van der Waals surface area contributed by atoms with Gasteiger partial charge in [-0.3, -0.25) is 9.69 Å². The van der Waals surface area contributed by atoms with Crippen LogP contribution in [0.1, 0.15) is 68.1 Å². The van der Waals surface area contributed by atoms with Crippen LogP contribution in [0.2, 0.25) is 5.02 Å². The van der Waals surface area contributed by atoms with Crippen LogP contribution >= 0.6 is 11.6 Å². The van der Waals surface area contributed by atoms with Crippen LogP contribution in [0.5, 0.6) is 5.75 Å². The second kappa shape index (κ2) is 10.5. The van der Waals surface area contributed by atoms with Crippen LogP contribution in [0.15, 0.2) is 30.3 Å². The van der Waals surface area contributed by atoms with Crippen LogP contribution in [0.4, 0.5) is 10.5 Å². The number of aliphatic hydroxyl groups is 1. The zero-order chi connectivity index (χ0) is 27.1. The molecule has 0 radical (unpaired) electrons. The van der Waals surface area contributed by atoms with E-state index in [1.807, 2.05) is 23.6 Å². The summed E-state index contributed by atoms with van der Waals surface area (Å²) in [5, 5.41) is 21.9. The predicted octanol–water partition coefficient (Wildman–Crippen LogP) is 5.50. The highest BCUT2D eigenvalue weighted by atomic mass is 35.5. The van der Waals surface area contributed by atoms with Crippen LogP contribution in [0, 0.1) is 5.92 Å². The summed E-state index contributed by atoms with van der Waals surface area (Å²) in [6.07, 6.45) is 2.43. The number of halogens is 1. The number of hydrogen-bond acceptors (Lipinski definition) is 6. The van der Waals surface area contributed by atoms with E-state index in [4.69, 9.17) is 26.1 Å². The summed E-state index contributed by atoms with van der Waals surface area (Å²) in [4.78, 5) is 31.2. The molecule has 0 bridgehead atoms. The number of carboxylic acids is 1. The molecule has 3 aromatic rings. The van der Waals surface area contributed by atoms with Gasteiger partial charge in [0.2, 0.25) is 0 Å². The molecular weight excluding hydrogens is 510 g/mol. The van der Waals surface area contributed by atoms with Crippen molar-refractivity contribution in [3.05, 3.63) is 52.3 Å². The summed E-state index contributed by atoms with van der Waals surface area (Å²) in [7, 11) is 2.89. The summed E-state index contributed by atoms with van der Waals surface area (Å²) >= 11 is 6.29. The minimum absolute atomic E-state index is 0.0371. The second-order valence-electron chi connectivity index (χ2n) is 10.1. The van der Waals surface area contributed by atoms with Gasteiger partial charge < -0.3 is 24.3 Å². The van der Waals surface area contributed by atoms with Crippen LogP contribution in [0.3, 0.4) is 0 Å². The number of anilines is 1. The quantitative estimate of drug-likeness (QED) is 0.438. The summed E-state index contributed by atoms with van der Waals surface area (Å²) in [6.45, 7) is 1.98. The first-order chi connectivity index (χ1) is 18.2. The van der Waals surface area contributed by atoms with Crippen molar-refractivity contribution in [2.75, 3.05) is 19.1 Å². The first kappa shape index (κ1) is 26.3. The van der Waals surface area contributed by atoms with E-state index in [2.05, 4.69) is 0 Å². The molecule has 0 unspecified atom stereocenters. The monoisotopic (exact) mass is 541 g/mol. The van der Waals surface area contributed by atoms with Gasteiger partial charge in [-0.05, 0) is 69.4 Å². The maximum absolute atomic E-state index is 12.6. The second-order valence-corrected chi connectivity index (χ2v) is 10.6. The van der Waals surface area contributed by atoms with Crippen LogP contribution in [0.25, 0.3) is 11.0 Å². The van der Waals surface area contributed by atoms with E-state index in [9.17, 15) is 19.8 Å². The number of aromatic nitrogens is 2. The molecule has 202 valence electrons. The number of fused-ring (bicyclic) bond motifs is 3. The largest absolute Gasteiger partial charge is 0.496 e. The average molecular weight is 542 g/mol. The fourth-order valence-corrected chi connectivity index (χ4v) is 6.23. The molecule has 1 aromatic heterocycles. The molecule has 1 aliphatic heterocycles. The topological polar surface area (TPSA) is 114 Å². The number of methoxy groups -OCH3 is 2. The number of amides is 1. The third-order valence-electron chi connectivity index (χ3n) is 7.94. The third kappa shape index (κ3) is 4.47. The van der Waals surface area contributed by atoms with Crippen molar-refractivity contribution in [3.63, 3.8) is 0 Å². The minimum Gasteiger partial charge on any atom is -0.496 e. The number of ether oxygens (including phenoxy) is 2. The number of aliphatic carboxylic acids is 1. The molecular formula is C28H32ClN3O6. The van der Waals surface area contributed by atoms with Gasteiger partial charge >= 0.3 is 12.1 Å². The molecule has 0 spiro atoms. The SMILES string of the molecule is COC(=O)N1c2ccc3c(nc([C@@H](O)c4cc(Cl)ccc4OC)n3[C@@H]3CCC[C@@H](C(=O)O)C3)c2CC[C@@H]1C. The van der Waals surface area contributed by atoms with Crippen molar-refractivity contribution in [1.82, 2.24) is 9.55 Å². The van der Waals surface area contributed by atoms with Gasteiger partial charge in [0.05, 0.1) is 36.9 Å². The molecule has 10 heteroatoms. The van der Waals surface area contributed by atoms with Crippen molar-refractivity contribution in [1.29, 1.82) is 0 Å². The number of aryl methyl sites for hydroxylation is 1. The zero-order valence-electron chi connectivity index (χ0n) is 21.7. The summed E-state index contributed by atoms with van der Waals surface area (Å²) in [6, 6.07) is 8.66. The Balaban J connectivity index is 1.72. The highest BCUT2D eigenvalue weighted by molar-refractivity contribution is 6.30. The van der Waals surface area contributed by atoms with Gasteiger partial charge in [0.1, 0.15) is 17.7 Å². The number of benzene rings is 2. The number of imidazole rings is 1. The van der Waals surface area contributed by atoms with E-state index in [1.165, 1.54) is 14.2 Å². The van der Waals surface area contributed by atoms with Crippen molar-refractivity contribution >= 4 is 40.4 Å². The average Bonchev–Trinajstić information content (AvgIpc) is 3.32. The number of carbonyl (C=O) groups is 2. The molecule has 9 nitrogen and oxygen atoms in total. The number of nitrogens with zero attached hydrogens (tertiary/aromatic N) is 3. The van der Waals surface area contributed by atoms with Gasteiger partial charge in [-0.25, -0.2) is 9.78 Å². The molecule has 2 aromatic carbocycles. The number of rotatable bonds is 5. The van der Waals surface area contributed by atoms with Gasteiger partial charge in [0.25, 0.3) is 0 Å². The lowest BCUT2D eigenvalue weighted by atomic mass is 9.85. The van der Waals surface area contributed by atoms with E-state index in [0.29, 0.717) is 46.9 Å². The molecule has 1 aliphatic carbocycles. The van der Waals surface area contributed by atoms with Gasteiger partial charge in [-0.15, -0.1) is 0 Å². The Hall–Kier alpha value is -3.30. The normalized spacial score (nSPS) is 22.1. The number of carboxylic acid groups (broad SMARTS) is 1. The Kier molecular flexibility index (Phi) is 7.24. The molecule has 2 N–H and O–H groups in total. The van der Waals surface area contributed by atoms with Crippen molar-refractivity contribution in [2.24, 2.45) is 5.92 Å². The maximum atomic E-state index is 12.6. The number of aliphatic hydroxyl groups excluding tert-OH is 1. The van der Waals surface area contributed by atoms with E-state index in [0.717, 1.165) is 36.0 Å². The van der Waals surface area contributed by atoms with E-state index >= 15 is 0 Å². The Labute approximate surface area is 225 Å². The highest BCUT2D eigenvalue weighted by Gasteiger charge is 2.36. The van der Waals surface area contributed by atoms with Crippen molar-refractivity contribution in [2.45, 2.75) is 63.6 Å². The van der Waals surface area contributed by atoms with Crippen LogP contribution in [-0.4, -0.2) is 52.1 Å². The highest BCUT2D eigenvalue weighted by Crippen LogP contribution is 2.43. The zero-order valence-corrected chi connectivity index (χ0v) is 22.4. The van der Waals surface area contributed by atoms with Crippen molar-refractivity contribution < 1.29 is 29.3 Å². The first-order valence-electron chi connectivity index (χ1n) is 12.9. The standard InChI is InChI=1S/C28H32ClN3O6/c1-15-7-9-19-21(31(15)28(36)38-3)10-11-22-24(19)30-26(25(33)20-14-17(29)8-12-23(20)37-2)32(22)18-6-4-5-16(13-18)27(34)35/h8,10-12,14-16,18,25,33H,4-7,9,13H2,1-3H3,(H,34,35)/t15-,16+,18+,25-/m0/s1. The molecule has 38 heavy (non-hydrogen) atoms. The van der Waals surface area contributed by atoms with Gasteiger partial charge in [0.15, 0.2) is 0 Å². The minimum atomic E-state index is -1.17. The first-order valence-corrected chi connectivity index (χ1v) is 13.3.